The topological polar surface area (TPSA) is 96.3 Å². The number of aliphatic hydroxyl groups is 1. The van der Waals surface area contributed by atoms with E-state index in [-0.39, 0.29) is 40.1 Å². The molecule has 1 amide bonds. The highest BCUT2D eigenvalue weighted by atomic mass is 35.5. The fraction of sp³-hybridized carbons (Fsp3) is 0.231. The lowest BCUT2D eigenvalue weighted by atomic mass is 9.77. The van der Waals surface area contributed by atoms with E-state index in [1.165, 1.54) is 37.4 Å². The maximum atomic E-state index is 14.5. The summed E-state index contributed by atoms with van der Waals surface area (Å²) in [5.74, 6) is -4.67. The van der Waals surface area contributed by atoms with E-state index in [4.69, 9.17) is 26.2 Å². The van der Waals surface area contributed by atoms with Gasteiger partial charge in [-0.25, -0.2) is 9.18 Å². The molecule has 3 aromatic rings. The van der Waals surface area contributed by atoms with Gasteiger partial charge in [-0.1, -0.05) is 24.6 Å². The molecule has 7 nitrogen and oxygen atoms in total. The second-order valence-electron chi connectivity index (χ2n) is 8.64. The van der Waals surface area contributed by atoms with Crippen LogP contribution in [0, 0.1) is 5.82 Å². The number of halogens is 5. The van der Waals surface area contributed by atoms with E-state index in [0.717, 1.165) is 36.1 Å². The summed E-state index contributed by atoms with van der Waals surface area (Å²) in [7, 11) is 1.38. The first-order valence-electron chi connectivity index (χ1n) is 11.1. The lowest BCUT2D eigenvalue weighted by Gasteiger charge is -2.38. The second-order valence-corrected chi connectivity index (χ2v) is 9.05. The van der Waals surface area contributed by atoms with Crippen molar-refractivity contribution in [3.8, 4) is 17.2 Å². The number of hydrogen-bond donors (Lipinski definition) is 2. The van der Waals surface area contributed by atoms with Gasteiger partial charge in [-0.05, 0) is 53.6 Å². The number of amides is 1. The molecule has 0 saturated carbocycles. The van der Waals surface area contributed by atoms with Gasteiger partial charge in [0.2, 0.25) is 0 Å². The van der Waals surface area contributed by atoms with E-state index in [1.54, 1.807) is 0 Å². The largest absolute Gasteiger partial charge is 0.482 e. The van der Waals surface area contributed by atoms with Crippen LogP contribution in [0.1, 0.15) is 34.3 Å². The van der Waals surface area contributed by atoms with Crippen LogP contribution in [-0.2, 0) is 10.4 Å². The number of benzene rings is 3. The monoisotopic (exact) mass is 553 g/mol. The summed E-state index contributed by atoms with van der Waals surface area (Å²) >= 11 is 6.24. The van der Waals surface area contributed by atoms with E-state index >= 15 is 0 Å². The number of alkyl halides is 3. The molecule has 200 valence electrons. The van der Waals surface area contributed by atoms with Crippen LogP contribution < -0.4 is 14.4 Å². The van der Waals surface area contributed by atoms with Gasteiger partial charge < -0.3 is 24.6 Å². The molecule has 0 radical (unpaired) electrons. The Morgan fingerprint density at radius 3 is 2.39 bits per heavy atom. The SMILES string of the molecule is CC(c1cc(Oc2ccc(C(=O)O)c(F)c2)ccc1Cl)C(O)(c1ccc2c(c1)N(C)C(=O)CO2)C(F)(F)F. The summed E-state index contributed by atoms with van der Waals surface area (Å²) in [5, 5.41) is 20.1. The average molecular weight is 554 g/mol. The molecule has 3 aromatic carbocycles. The lowest BCUT2D eigenvalue weighted by molar-refractivity contribution is -0.274. The molecule has 12 heteroatoms. The number of likely N-dealkylation sites (N-methyl/N-ethyl adjacent to an activating group) is 1. The van der Waals surface area contributed by atoms with Crippen LogP contribution >= 0.6 is 11.6 Å². The van der Waals surface area contributed by atoms with Crippen molar-refractivity contribution >= 4 is 29.2 Å². The number of hydrogen-bond acceptors (Lipinski definition) is 5. The summed E-state index contributed by atoms with van der Waals surface area (Å²) in [4.78, 5) is 24.2. The van der Waals surface area contributed by atoms with Crippen LogP contribution in [-0.4, -0.2) is 41.9 Å². The highest BCUT2D eigenvalue weighted by Gasteiger charge is 2.59. The molecular formula is C26H20ClF4NO6. The molecule has 0 aliphatic carbocycles. The normalized spacial score (nSPS) is 15.8. The highest BCUT2D eigenvalue weighted by molar-refractivity contribution is 6.31. The minimum Gasteiger partial charge on any atom is -0.482 e. The molecule has 0 aromatic heterocycles. The van der Waals surface area contributed by atoms with Gasteiger partial charge in [0.25, 0.3) is 5.91 Å². The zero-order valence-electron chi connectivity index (χ0n) is 19.8. The average Bonchev–Trinajstić information content (AvgIpc) is 2.85. The van der Waals surface area contributed by atoms with Gasteiger partial charge in [0.15, 0.2) is 12.2 Å². The van der Waals surface area contributed by atoms with Crippen LogP contribution in [0.15, 0.2) is 54.6 Å². The van der Waals surface area contributed by atoms with Crippen molar-refractivity contribution in [3.63, 3.8) is 0 Å². The molecular weight excluding hydrogens is 534 g/mol. The Labute approximate surface area is 218 Å². The molecule has 2 atom stereocenters. The maximum absolute atomic E-state index is 14.5. The van der Waals surface area contributed by atoms with Crippen LogP contribution in [0.3, 0.4) is 0 Å². The summed E-state index contributed by atoms with van der Waals surface area (Å²) in [6.07, 6.45) is -5.19. The molecule has 0 bridgehead atoms. The van der Waals surface area contributed by atoms with Crippen molar-refractivity contribution in [3.05, 3.63) is 82.1 Å². The van der Waals surface area contributed by atoms with E-state index in [1.807, 2.05) is 0 Å². The molecule has 1 aliphatic rings. The first kappa shape index (κ1) is 27.2. The number of carboxylic acids is 1. The van der Waals surface area contributed by atoms with E-state index in [2.05, 4.69) is 0 Å². The smallest absolute Gasteiger partial charge is 0.422 e. The Morgan fingerprint density at radius 1 is 1.11 bits per heavy atom. The fourth-order valence-electron chi connectivity index (χ4n) is 4.18. The van der Waals surface area contributed by atoms with Crippen molar-refractivity contribution in [2.45, 2.75) is 24.6 Å². The number of anilines is 1. The first-order valence-corrected chi connectivity index (χ1v) is 11.4. The predicted octanol–water partition coefficient (Wildman–Crippen LogP) is 5.88. The van der Waals surface area contributed by atoms with E-state index < -0.39 is 46.5 Å². The number of carbonyl (C=O) groups excluding carboxylic acids is 1. The third kappa shape index (κ3) is 4.74. The summed E-state index contributed by atoms with van der Waals surface area (Å²) in [5.41, 5.74) is -4.66. The minimum atomic E-state index is -5.19. The number of carbonyl (C=O) groups is 2. The summed E-state index contributed by atoms with van der Waals surface area (Å²) in [6, 6.07) is 10.1. The fourth-order valence-corrected chi connectivity index (χ4v) is 4.46. The Kier molecular flexibility index (Phi) is 7.02. The second kappa shape index (κ2) is 9.80. The maximum Gasteiger partial charge on any atom is 0.422 e. The van der Waals surface area contributed by atoms with Crippen LogP contribution in [0.25, 0.3) is 0 Å². The van der Waals surface area contributed by atoms with Gasteiger partial charge >= 0.3 is 12.1 Å². The molecule has 0 saturated heterocycles. The summed E-state index contributed by atoms with van der Waals surface area (Å²) in [6.45, 7) is 0.860. The Morgan fingerprint density at radius 2 is 1.76 bits per heavy atom. The van der Waals surface area contributed by atoms with Gasteiger partial charge in [0.1, 0.15) is 23.1 Å². The van der Waals surface area contributed by atoms with Crippen LogP contribution in [0.5, 0.6) is 17.2 Å². The number of aromatic carboxylic acids is 1. The lowest BCUT2D eigenvalue weighted by Crippen LogP contribution is -2.47. The Hall–Kier alpha value is -3.83. The third-order valence-electron chi connectivity index (χ3n) is 6.39. The predicted molar refractivity (Wildman–Crippen MR) is 129 cm³/mol. The van der Waals surface area contributed by atoms with E-state index in [9.17, 15) is 32.3 Å². The molecule has 2 N–H and O–H groups in total. The molecule has 0 fully saturated rings. The third-order valence-corrected chi connectivity index (χ3v) is 6.73. The van der Waals surface area contributed by atoms with Gasteiger partial charge in [0, 0.05) is 24.1 Å². The van der Waals surface area contributed by atoms with Crippen LogP contribution in [0.4, 0.5) is 23.2 Å². The number of ether oxygens (including phenoxy) is 2. The van der Waals surface area contributed by atoms with Gasteiger partial charge in [-0.15, -0.1) is 0 Å². The van der Waals surface area contributed by atoms with Crippen molar-refractivity contribution in [1.82, 2.24) is 0 Å². The zero-order valence-corrected chi connectivity index (χ0v) is 20.6. The van der Waals surface area contributed by atoms with E-state index in [0.29, 0.717) is 0 Å². The Bertz CT molecular complexity index is 1430. The molecule has 1 aliphatic heterocycles. The summed E-state index contributed by atoms with van der Waals surface area (Å²) < 4.78 is 68.4. The van der Waals surface area contributed by atoms with Crippen molar-refractivity contribution < 1.29 is 46.8 Å². The highest BCUT2D eigenvalue weighted by Crippen LogP contribution is 2.51. The minimum absolute atomic E-state index is 0.0348. The van der Waals surface area contributed by atoms with Crippen molar-refractivity contribution in [2.24, 2.45) is 0 Å². The standard InChI is InChI=1S/C26H20ClF4NO6/c1-13(18-10-15(5-7-19(18)27)38-16-4-6-17(24(34)35)20(28)11-16)25(36,26(29,30)31)14-3-8-22-21(9-14)32(2)23(33)12-37-22/h3-11,13,36H,12H2,1-2H3,(H,34,35). The van der Waals surface area contributed by atoms with Crippen molar-refractivity contribution in [2.75, 3.05) is 18.6 Å². The number of rotatable bonds is 6. The number of fused-ring (bicyclic) bond motifs is 1. The molecule has 2 unspecified atom stereocenters. The van der Waals surface area contributed by atoms with Gasteiger partial charge in [-0.3, -0.25) is 4.79 Å². The quantitative estimate of drug-likeness (QED) is 0.370. The molecule has 1 heterocycles. The number of nitrogens with zero attached hydrogens (tertiary/aromatic N) is 1. The van der Waals surface area contributed by atoms with Crippen molar-refractivity contribution in [1.29, 1.82) is 0 Å². The molecule has 4 rings (SSSR count). The Balaban J connectivity index is 1.75. The van der Waals surface area contributed by atoms with Gasteiger partial charge in [0.05, 0.1) is 11.3 Å². The van der Waals surface area contributed by atoms with Crippen LogP contribution in [0.2, 0.25) is 5.02 Å². The zero-order chi connectivity index (χ0) is 28.0. The molecule has 0 spiro atoms. The number of carboxylic acid groups (broad SMARTS) is 1. The van der Waals surface area contributed by atoms with Gasteiger partial charge in [-0.2, -0.15) is 13.2 Å². The first-order chi connectivity index (χ1) is 17.7. The molecule has 38 heavy (non-hydrogen) atoms.